The minimum absolute atomic E-state index is 0.386. The van der Waals surface area contributed by atoms with Gasteiger partial charge in [0.15, 0.2) is 0 Å². The normalized spacial score (nSPS) is 11.8. The fraction of sp³-hybridized carbons (Fsp3) is 0.438. The first-order chi connectivity index (χ1) is 9.33. The molecule has 0 spiro atoms. The summed E-state index contributed by atoms with van der Waals surface area (Å²) in [6.45, 7) is 8.37. The monoisotopic (exact) mass is 273 g/mol. The van der Waals surface area contributed by atoms with Crippen LogP contribution in [0, 0.1) is 6.92 Å². The molecule has 108 valence electrons. The first-order valence-electron chi connectivity index (χ1n) is 6.93. The SMILES string of the molecule is CCc1c(C)nc2cccc(OCC(C)(C)N)c2c1N. The molecular weight excluding hydrogens is 250 g/mol. The number of aromatic nitrogens is 1. The number of hydrogen-bond donors (Lipinski definition) is 2. The molecular formula is C16H23N3O. The van der Waals surface area contributed by atoms with Crippen molar-refractivity contribution in [3.63, 3.8) is 0 Å². The van der Waals surface area contributed by atoms with Gasteiger partial charge in [0, 0.05) is 16.9 Å². The van der Waals surface area contributed by atoms with Gasteiger partial charge in [-0.2, -0.15) is 0 Å². The molecule has 0 saturated heterocycles. The summed E-state index contributed by atoms with van der Waals surface area (Å²) in [6.07, 6.45) is 0.858. The van der Waals surface area contributed by atoms with E-state index >= 15 is 0 Å². The van der Waals surface area contributed by atoms with Gasteiger partial charge in [-0.15, -0.1) is 0 Å². The van der Waals surface area contributed by atoms with Crippen LogP contribution < -0.4 is 16.2 Å². The Kier molecular flexibility index (Phi) is 3.86. The highest BCUT2D eigenvalue weighted by Crippen LogP contribution is 2.33. The van der Waals surface area contributed by atoms with Crippen molar-refractivity contribution in [2.24, 2.45) is 5.73 Å². The van der Waals surface area contributed by atoms with Crippen molar-refractivity contribution in [2.45, 2.75) is 39.7 Å². The highest BCUT2D eigenvalue weighted by atomic mass is 16.5. The van der Waals surface area contributed by atoms with Crippen LogP contribution in [0.25, 0.3) is 10.9 Å². The van der Waals surface area contributed by atoms with Crippen LogP contribution in [-0.4, -0.2) is 17.1 Å². The van der Waals surface area contributed by atoms with Crippen LogP contribution in [0.5, 0.6) is 5.75 Å². The van der Waals surface area contributed by atoms with Gasteiger partial charge in [0.05, 0.1) is 10.9 Å². The molecule has 0 aliphatic rings. The molecule has 0 unspecified atom stereocenters. The highest BCUT2D eigenvalue weighted by molar-refractivity contribution is 5.97. The van der Waals surface area contributed by atoms with E-state index in [1.807, 2.05) is 39.0 Å². The van der Waals surface area contributed by atoms with Crippen LogP contribution in [0.1, 0.15) is 32.0 Å². The maximum absolute atomic E-state index is 6.32. The zero-order chi connectivity index (χ0) is 14.9. The Hall–Kier alpha value is -1.81. The van der Waals surface area contributed by atoms with Gasteiger partial charge in [-0.3, -0.25) is 4.98 Å². The van der Waals surface area contributed by atoms with Crippen molar-refractivity contribution in [3.8, 4) is 5.75 Å². The van der Waals surface area contributed by atoms with Gasteiger partial charge in [-0.25, -0.2) is 0 Å². The summed E-state index contributed by atoms with van der Waals surface area (Å²) in [4.78, 5) is 4.62. The Morgan fingerprint density at radius 1 is 1.30 bits per heavy atom. The predicted octanol–water partition coefficient (Wildman–Crippen LogP) is 2.80. The van der Waals surface area contributed by atoms with Crippen molar-refractivity contribution in [1.29, 1.82) is 0 Å². The van der Waals surface area contributed by atoms with E-state index in [1.165, 1.54) is 0 Å². The molecule has 0 amide bonds. The average molecular weight is 273 g/mol. The first-order valence-corrected chi connectivity index (χ1v) is 6.93. The van der Waals surface area contributed by atoms with Gasteiger partial charge < -0.3 is 16.2 Å². The molecule has 20 heavy (non-hydrogen) atoms. The summed E-state index contributed by atoms with van der Waals surface area (Å²) < 4.78 is 5.86. The number of nitrogens with two attached hydrogens (primary N) is 2. The zero-order valence-corrected chi connectivity index (χ0v) is 12.7. The molecule has 0 aliphatic carbocycles. The van der Waals surface area contributed by atoms with Gasteiger partial charge in [-0.1, -0.05) is 13.0 Å². The second-order valence-corrected chi connectivity index (χ2v) is 5.87. The second kappa shape index (κ2) is 5.29. The maximum atomic E-state index is 6.32. The molecule has 2 rings (SSSR count). The Morgan fingerprint density at radius 3 is 2.60 bits per heavy atom. The number of hydrogen-bond acceptors (Lipinski definition) is 4. The smallest absolute Gasteiger partial charge is 0.130 e. The quantitative estimate of drug-likeness (QED) is 0.898. The first kappa shape index (κ1) is 14.6. The number of benzene rings is 1. The molecule has 1 aromatic carbocycles. The van der Waals surface area contributed by atoms with Crippen molar-refractivity contribution >= 4 is 16.6 Å². The summed E-state index contributed by atoms with van der Waals surface area (Å²) in [5, 5.41) is 0.888. The number of pyridine rings is 1. The van der Waals surface area contributed by atoms with E-state index in [4.69, 9.17) is 16.2 Å². The summed E-state index contributed by atoms with van der Waals surface area (Å²) in [5.41, 5.74) is 15.6. The van der Waals surface area contributed by atoms with Crippen LogP contribution in [0.2, 0.25) is 0 Å². The van der Waals surface area contributed by atoms with E-state index in [0.717, 1.165) is 40.0 Å². The number of nitrogens with zero attached hydrogens (tertiary/aromatic N) is 1. The number of rotatable bonds is 4. The molecule has 4 N–H and O–H groups in total. The summed E-state index contributed by atoms with van der Waals surface area (Å²) in [7, 11) is 0. The summed E-state index contributed by atoms with van der Waals surface area (Å²) in [5.74, 6) is 0.751. The lowest BCUT2D eigenvalue weighted by Gasteiger charge is -2.20. The molecule has 2 aromatic rings. The van der Waals surface area contributed by atoms with Gasteiger partial charge in [0.25, 0.3) is 0 Å². The van der Waals surface area contributed by atoms with E-state index in [2.05, 4.69) is 11.9 Å². The molecule has 0 bridgehead atoms. The lowest BCUT2D eigenvalue weighted by molar-refractivity contribution is 0.246. The fourth-order valence-electron chi connectivity index (χ4n) is 2.31. The van der Waals surface area contributed by atoms with Crippen LogP contribution in [0.3, 0.4) is 0 Å². The molecule has 4 heteroatoms. The number of fused-ring (bicyclic) bond motifs is 1. The van der Waals surface area contributed by atoms with Crippen molar-refractivity contribution in [3.05, 3.63) is 29.5 Å². The number of ether oxygens (including phenoxy) is 1. The van der Waals surface area contributed by atoms with Crippen LogP contribution in [0.15, 0.2) is 18.2 Å². The molecule has 0 atom stereocenters. The zero-order valence-electron chi connectivity index (χ0n) is 12.7. The minimum atomic E-state index is -0.386. The van der Waals surface area contributed by atoms with Crippen LogP contribution in [-0.2, 0) is 6.42 Å². The van der Waals surface area contributed by atoms with Crippen molar-refractivity contribution < 1.29 is 4.74 Å². The topological polar surface area (TPSA) is 74.2 Å². The Labute approximate surface area is 120 Å². The standard InChI is InChI=1S/C16H23N3O/c1-5-11-10(2)19-12-7-6-8-13(14(12)15(11)17)20-9-16(3,4)18/h6-8H,5,9,18H2,1-4H3,(H2,17,19). The second-order valence-electron chi connectivity index (χ2n) is 5.87. The van der Waals surface area contributed by atoms with E-state index in [1.54, 1.807) is 0 Å². The third kappa shape index (κ3) is 2.85. The van der Waals surface area contributed by atoms with Gasteiger partial charge >= 0.3 is 0 Å². The average Bonchev–Trinajstić information content (AvgIpc) is 2.35. The summed E-state index contributed by atoms with van der Waals surface area (Å²) in [6, 6.07) is 5.80. The van der Waals surface area contributed by atoms with Crippen molar-refractivity contribution in [1.82, 2.24) is 4.98 Å². The Morgan fingerprint density at radius 2 is 2.00 bits per heavy atom. The Bertz CT molecular complexity index is 630. The molecule has 4 nitrogen and oxygen atoms in total. The van der Waals surface area contributed by atoms with Gasteiger partial charge in [-0.05, 0) is 44.9 Å². The van der Waals surface area contributed by atoms with E-state index in [0.29, 0.717) is 6.61 Å². The number of aryl methyl sites for hydroxylation is 1. The highest BCUT2D eigenvalue weighted by Gasteiger charge is 2.16. The Balaban J connectivity index is 2.56. The van der Waals surface area contributed by atoms with E-state index in [-0.39, 0.29) is 5.54 Å². The molecule has 0 radical (unpaired) electrons. The largest absolute Gasteiger partial charge is 0.491 e. The lowest BCUT2D eigenvalue weighted by Crippen LogP contribution is -2.38. The number of anilines is 1. The van der Waals surface area contributed by atoms with Gasteiger partial charge in [0.2, 0.25) is 0 Å². The predicted molar refractivity (Wildman–Crippen MR) is 84.0 cm³/mol. The molecule has 1 aromatic heterocycles. The fourth-order valence-corrected chi connectivity index (χ4v) is 2.31. The van der Waals surface area contributed by atoms with Crippen LogP contribution in [0.4, 0.5) is 5.69 Å². The molecule has 1 heterocycles. The minimum Gasteiger partial charge on any atom is -0.491 e. The lowest BCUT2D eigenvalue weighted by atomic mass is 10.0. The van der Waals surface area contributed by atoms with Gasteiger partial charge in [0.1, 0.15) is 12.4 Å². The van der Waals surface area contributed by atoms with E-state index < -0.39 is 0 Å². The molecule has 0 aliphatic heterocycles. The van der Waals surface area contributed by atoms with Crippen molar-refractivity contribution in [2.75, 3.05) is 12.3 Å². The third-order valence-corrected chi connectivity index (χ3v) is 3.28. The molecule has 0 saturated carbocycles. The van der Waals surface area contributed by atoms with Crippen LogP contribution >= 0.6 is 0 Å². The van der Waals surface area contributed by atoms with E-state index in [9.17, 15) is 0 Å². The molecule has 0 fully saturated rings. The summed E-state index contributed by atoms with van der Waals surface area (Å²) >= 11 is 0. The number of nitrogen functional groups attached to an aromatic ring is 1. The maximum Gasteiger partial charge on any atom is 0.130 e. The third-order valence-electron chi connectivity index (χ3n) is 3.28.